The number of sulfone groups is 1. The van der Waals surface area contributed by atoms with Gasteiger partial charge in [-0.25, -0.2) is 12.8 Å². The zero-order chi connectivity index (χ0) is 22.4. The number of amides is 1. The molecule has 3 rings (SSSR count). The van der Waals surface area contributed by atoms with E-state index < -0.39 is 26.8 Å². The van der Waals surface area contributed by atoms with E-state index in [-0.39, 0.29) is 18.0 Å². The number of carbonyl (C=O) groups is 1. The Hall–Kier alpha value is -3.19. The number of halogens is 1. The molecule has 5 nitrogen and oxygen atoms in total. The molecule has 1 N–H and O–H groups in total. The number of hydrogen-bond donors (Lipinski definition) is 1. The Balaban J connectivity index is 1.75. The Morgan fingerprint density at radius 2 is 1.55 bits per heavy atom. The third-order valence-corrected chi connectivity index (χ3v) is 7.05. The molecule has 0 aliphatic heterocycles. The van der Waals surface area contributed by atoms with Gasteiger partial charge in [0.05, 0.1) is 4.90 Å². The third-order valence-electron chi connectivity index (χ3n) is 4.93. The van der Waals surface area contributed by atoms with Crippen LogP contribution >= 0.6 is 0 Å². The van der Waals surface area contributed by atoms with Crippen LogP contribution in [0.15, 0.2) is 77.7 Å². The molecule has 31 heavy (non-hydrogen) atoms. The van der Waals surface area contributed by atoms with Crippen molar-refractivity contribution in [2.24, 2.45) is 0 Å². The van der Waals surface area contributed by atoms with Gasteiger partial charge in [0.25, 0.3) is 5.91 Å². The molecular weight excluding hydrogens is 417 g/mol. The van der Waals surface area contributed by atoms with Crippen molar-refractivity contribution >= 4 is 15.7 Å². The van der Waals surface area contributed by atoms with Gasteiger partial charge >= 0.3 is 0 Å². The van der Waals surface area contributed by atoms with Crippen molar-refractivity contribution in [1.82, 2.24) is 5.32 Å². The van der Waals surface area contributed by atoms with Gasteiger partial charge in [0, 0.05) is 6.54 Å². The number of benzene rings is 3. The molecular formula is C24H24FNO4S. The fourth-order valence-corrected chi connectivity index (χ4v) is 4.95. The van der Waals surface area contributed by atoms with Crippen LogP contribution < -0.4 is 10.1 Å². The average Bonchev–Trinajstić information content (AvgIpc) is 2.74. The minimum atomic E-state index is -3.87. The standard InChI is InChI=1S/C24H24FNO4S/c1-17-7-6-8-18(2)24(17)30-16-23(27)26-15-22(19-9-4-3-5-10-19)31(28,29)21-13-11-20(25)12-14-21/h3-14,22H,15-16H2,1-2H3,(H,26,27). The average molecular weight is 442 g/mol. The van der Waals surface area contributed by atoms with E-state index in [9.17, 15) is 17.6 Å². The van der Waals surface area contributed by atoms with E-state index in [1.54, 1.807) is 30.3 Å². The monoisotopic (exact) mass is 441 g/mol. The van der Waals surface area contributed by atoms with Gasteiger partial charge in [0.1, 0.15) is 16.8 Å². The van der Waals surface area contributed by atoms with E-state index in [1.807, 2.05) is 32.0 Å². The molecule has 3 aromatic rings. The second kappa shape index (κ2) is 9.75. The van der Waals surface area contributed by atoms with Crippen LogP contribution in [-0.2, 0) is 14.6 Å². The first kappa shape index (κ1) is 22.5. The molecule has 0 fully saturated rings. The minimum absolute atomic E-state index is 0.0104. The summed E-state index contributed by atoms with van der Waals surface area (Å²) in [6.45, 7) is 3.41. The van der Waals surface area contributed by atoms with E-state index in [4.69, 9.17) is 4.74 Å². The third kappa shape index (κ3) is 5.49. The fraction of sp³-hybridized carbons (Fsp3) is 0.208. The van der Waals surface area contributed by atoms with Gasteiger partial charge in [0.15, 0.2) is 16.4 Å². The lowest BCUT2D eigenvalue weighted by Gasteiger charge is -2.19. The largest absolute Gasteiger partial charge is 0.483 e. The number of hydrogen-bond acceptors (Lipinski definition) is 4. The quantitative estimate of drug-likeness (QED) is 0.533. The Kier molecular flexibility index (Phi) is 7.07. The van der Waals surface area contributed by atoms with Crippen molar-refractivity contribution in [1.29, 1.82) is 0 Å². The summed E-state index contributed by atoms with van der Waals surface area (Å²) < 4.78 is 45.4. The molecule has 0 radical (unpaired) electrons. The van der Waals surface area contributed by atoms with Crippen LogP contribution in [-0.4, -0.2) is 27.5 Å². The number of para-hydroxylation sites is 1. The molecule has 0 aliphatic carbocycles. The highest BCUT2D eigenvalue weighted by Crippen LogP contribution is 2.28. The van der Waals surface area contributed by atoms with E-state index in [1.165, 1.54) is 12.1 Å². The molecule has 1 unspecified atom stereocenters. The maximum absolute atomic E-state index is 13.3. The van der Waals surface area contributed by atoms with Gasteiger partial charge in [-0.2, -0.15) is 0 Å². The predicted octanol–water partition coefficient (Wildman–Crippen LogP) is 4.15. The summed E-state index contributed by atoms with van der Waals surface area (Å²) in [5.41, 5.74) is 2.35. The van der Waals surface area contributed by atoms with Gasteiger partial charge in [0.2, 0.25) is 0 Å². The highest BCUT2D eigenvalue weighted by molar-refractivity contribution is 7.91. The number of ether oxygens (including phenoxy) is 1. The first-order valence-corrected chi connectivity index (χ1v) is 11.3. The summed E-state index contributed by atoms with van der Waals surface area (Å²) in [6, 6.07) is 19.0. The number of carbonyl (C=O) groups excluding carboxylic acids is 1. The molecule has 0 saturated heterocycles. The Bertz CT molecular complexity index is 1130. The first-order valence-electron chi connectivity index (χ1n) is 9.79. The molecule has 0 aliphatic rings. The van der Waals surface area contributed by atoms with Gasteiger partial charge < -0.3 is 10.1 Å². The van der Waals surface area contributed by atoms with E-state index in [0.29, 0.717) is 11.3 Å². The summed E-state index contributed by atoms with van der Waals surface area (Å²) >= 11 is 0. The van der Waals surface area contributed by atoms with Crippen LogP contribution in [0.5, 0.6) is 5.75 Å². The summed E-state index contributed by atoms with van der Waals surface area (Å²) in [5.74, 6) is -0.318. The van der Waals surface area contributed by atoms with E-state index in [0.717, 1.165) is 23.3 Å². The highest BCUT2D eigenvalue weighted by Gasteiger charge is 2.29. The second-order valence-electron chi connectivity index (χ2n) is 7.21. The van der Waals surface area contributed by atoms with Crippen molar-refractivity contribution in [2.45, 2.75) is 24.0 Å². The summed E-state index contributed by atoms with van der Waals surface area (Å²) in [6.07, 6.45) is 0. The van der Waals surface area contributed by atoms with Gasteiger partial charge in [-0.05, 0) is 54.8 Å². The Labute approximate surface area is 181 Å². The summed E-state index contributed by atoms with van der Waals surface area (Å²) in [7, 11) is -3.87. The maximum atomic E-state index is 13.3. The second-order valence-corrected chi connectivity index (χ2v) is 9.34. The van der Waals surface area contributed by atoms with Crippen molar-refractivity contribution in [3.05, 3.63) is 95.3 Å². The number of rotatable bonds is 8. The molecule has 0 heterocycles. The van der Waals surface area contributed by atoms with Crippen molar-refractivity contribution in [3.63, 3.8) is 0 Å². The molecule has 0 aromatic heterocycles. The SMILES string of the molecule is Cc1cccc(C)c1OCC(=O)NCC(c1ccccc1)S(=O)(=O)c1ccc(F)cc1. The Morgan fingerprint density at radius 3 is 2.16 bits per heavy atom. The Morgan fingerprint density at radius 1 is 0.935 bits per heavy atom. The summed E-state index contributed by atoms with van der Waals surface area (Å²) in [4.78, 5) is 12.4. The molecule has 162 valence electrons. The number of aryl methyl sites for hydroxylation is 2. The van der Waals surface area contributed by atoms with Crippen LogP contribution in [0.3, 0.4) is 0 Å². The molecule has 0 spiro atoms. The smallest absolute Gasteiger partial charge is 0.257 e. The zero-order valence-corrected chi connectivity index (χ0v) is 18.2. The van der Waals surface area contributed by atoms with Crippen molar-refractivity contribution in [3.8, 4) is 5.75 Å². The van der Waals surface area contributed by atoms with Gasteiger partial charge in [-0.15, -0.1) is 0 Å². The molecule has 0 saturated carbocycles. The molecule has 3 aromatic carbocycles. The lowest BCUT2D eigenvalue weighted by molar-refractivity contribution is -0.123. The molecule has 0 bridgehead atoms. The number of nitrogens with one attached hydrogen (secondary N) is 1. The fourth-order valence-electron chi connectivity index (χ4n) is 3.29. The zero-order valence-electron chi connectivity index (χ0n) is 17.3. The lowest BCUT2D eigenvalue weighted by atomic mass is 10.1. The van der Waals surface area contributed by atoms with E-state index >= 15 is 0 Å². The van der Waals surface area contributed by atoms with Gasteiger partial charge in [-0.3, -0.25) is 4.79 Å². The molecule has 1 amide bonds. The molecule has 1 atom stereocenters. The van der Waals surface area contributed by atoms with Crippen molar-refractivity contribution < 1.29 is 22.3 Å². The normalized spacial score (nSPS) is 12.2. The summed E-state index contributed by atoms with van der Waals surface area (Å²) in [5, 5.41) is 1.64. The van der Waals surface area contributed by atoms with Crippen molar-refractivity contribution in [2.75, 3.05) is 13.2 Å². The molecule has 7 heteroatoms. The van der Waals surface area contributed by atoms with Crippen LogP contribution in [0.25, 0.3) is 0 Å². The first-order chi connectivity index (χ1) is 14.8. The lowest BCUT2D eigenvalue weighted by Crippen LogP contribution is -2.35. The predicted molar refractivity (Wildman–Crippen MR) is 117 cm³/mol. The van der Waals surface area contributed by atoms with Crippen LogP contribution in [0.2, 0.25) is 0 Å². The topological polar surface area (TPSA) is 72.5 Å². The van der Waals surface area contributed by atoms with E-state index in [2.05, 4.69) is 5.32 Å². The highest BCUT2D eigenvalue weighted by atomic mass is 32.2. The van der Waals surface area contributed by atoms with Crippen LogP contribution in [0, 0.1) is 19.7 Å². The van der Waals surface area contributed by atoms with Crippen LogP contribution in [0.1, 0.15) is 21.9 Å². The van der Waals surface area contributed by atoms with Gasteiger partial charge in [-0.1, -0.05) is 48.5 Å². The maximum Gasteiger partial charge on any atom is 0.257 e. The van der Waals surface area contributed by atoms with Crippen LogP contribution in [0.4, 0.5) is 4.39 Å². The minimum Gasteiger partial charge on any atom is -0.483 e.